The van der Waals surface area contributed by atoms with Crippen LogP contribution in [0.4, 0.5) is 5.82 Å². The van der Waals surface area contributed by atoms with Crippen LogP contribution in [0.25, 0.3) is 0 Å². The van der Waals surface area contributed by atoms with Crippen molar-refractivity contribution >= 4 is 11.7 Å². The second-order valence-electron chi connectivity index (χ2n) is 3.88. The molecule has 2 heterocycles. The van der Waals surface area contributed by atoms with Gasteiger partial charge in [0.2, 0.25) is 0 Å². The largest absolute Gasteiger partial charge is 0.384 e. The standard InChI is InChI=1S/C11H15N3O2/c1-8-7-14(5-6-16-8)11(15)9-3-2-4-10(12)13-9/h2-4,8H,5-7H2,1H3,(H2,12,13). The van der Waals surface area contributed by atoms with E-state index in [1.807, 2.05) is 6.92 Å². The first-order chi connectivity index (χ1) is 7.66. The predicted molar refractivity (Wildman–Crippen MR) is 60.0 cm³/mol. The average molecular weight is 221 g/mol. The summed E-state index contributed by atoms with van der Waals surface area (Å²) in [5.41, 5.74) is 5.94. The molecule has 1 unspecified atom stereocenters. The lowest BCUT2D eigenvalue weighted by Gasteiger charge is -2.30. The van der Waals surface area contributed by atoms with E-state index in [0.29, 0.717) is 31.2 Å². The van der Waals surface area contributed by atoms with E-state index in [4.69, 9.17) is 10.5 Å². The first-order valence-corrected chi connectivity index (χ1v) is 5.30. The number of hydrogen-bond donors (Lipinski definition) is 1. The number of nitrogens with two attached hydrogens (primary N) is 1. The van der Waals surface area contributed by atoms with Crippen molar-refractivity contribution in [2.24, 2.45) is 0 Å². The second kappa shape index (κ2) is 4.49. The summed E-state index contributed by atoms with van der Waals surface area (Å²) in [5.74, 6) is 0.287. The van der Waals surface area contributed by atoms with Gasteiger partial charge in [-0.2, -0.15) is 0 Å². The summed E-state index contributed by atoms with van der Waals surface area (Å²) in [6, 6.07) is 5.08. The molecular formula is C11H15N3O2. The molecule has 1 aromatic rings. The summed E-state index contributed by atoms with van der Waals surface area (Å²) >= 11 is 0. The number of pyridine rings is 1. The average Bonchev–Trinajstić information content (AvgIpc) is 2.28. The number of ether oxygens (including phenoxy) is 1. The van der Waals surface area contributed by atoms with Crippen LogP contribution in [0.2, 0.25) is 0 Å². The maximum absolute atomic E-state index is 12.0. The van der Waals surface area contributed by atoms with E-state index in [0.717, 1.165) is 0 Å². The maximum atomic E-state index is 12.0. The summed E-state index contributed by atoms with van der Waals surface area (Å²) in [7, 11) is 0. The van der Waals surface area contributed by atoms with E-state index >= 15 is 0 Å². The zero-order valence-corrected chi connectivity index (χ0v) is 9.22. The molecule has 1 amide bonds. The van der Waals surface area contributed by atoms with E-state index in [-0.39, 0.29) is 12.0 Å². The minimum Gasteiger partial charge on any atom is -0.384 e. The van der Waals surface area contributed by atoms with Gasteiger partial charge in [-0.3, -0.25) is 4.79 Å². The Morgan fingerprint density at radius 1 is 1.62 bits per heavy atom. The van der Waals surface area contributed by atoms with Crippen LogP contribution in [0.5, 0.6) is 0 Å². The molecule has 0 spiro atoms. The SMILES string of the molecule is CC1CN(C(=O)c2cccc(N)n2)CCO1. The Labute approximate surface area is 94.2 Å². The Hall–Kier alpha value is -1.62. The fourth-order valence-electron chi connectivity index (χ4n) is 1.74. The van der Waals surface area contributed by atoms with Gasteiger partial charge in [-0.15, -0.1) is 0 Å². The van der Waals surface area contributed by atoms with E-state index < -0.39 is 0 Å². The fourth-order valence-corrected chi connectivity index (χ4v) is 1.74. The van der Waals surface area contributed by atoms with Gasteiger partial charge in [0.25, 0.3) is 5.91 Å². The van der Waals surface area contributed by atoms with Crippen LogP contribution in [0.3, 0.4) is 0 Å². The Kier molecular flexibility index (Phi) is 3.05. The predicted octanol–water partition coefficient (Wildman–Crippen LogP) is 0.525. The molecule has 2 N–H and O–H groups in total. The molecule has 5 nitrogen and oxygen atoms in total. The lowest BCUT2D eigenvalue weighted by molar-refractivity contribution is -0.0126. The number of amides is 1. The molecule has 0 saturated carbocycles. The second-order valence-corrected chi connectivity index (χ2v) is 3.88. The molecule has 16 heavy (non-hydrogen) atoms. The van der Waals surface area contributed by atoms with E-state index in [1.54, 1.807) is 23.1 Å². The Balaban J connectivity index is 2.12. The summed E-state index contributed by atoms with van der Waals surface area (Å²) in [4.78, 5) is 17.8. The number of rotatable bonds is 1. The minimum atomic E-state index is -0.0811. The number of morpholine rings is 1. The first kappa shape index (κ1) is 10.9. The number of aromatic nitrogens is 1. The van der Waals surface area contributed by atoms with Crippen molar-refractivity contribution < 1.29 is 9.53 Å². The topological polar surface area (TPSA) is 68.5 Å². The van der Waals surface area contributed by atoms with Gasteiger partial charge in [-0.25, -0.2) is 4.98 Å². The smallest absolute Gasteiger partial charge is 0.272 e. The molecule has 5 heteroatoms. The molecule has 86 valence electrons. The highest BCUT2D eigenvalue weighted by Crippen LogP contribution is 2.09. The third kappa shape index (κ3) is 2.30. The Morgan fingerprint density at radius 3 is 3.12 bits per heavy atom. The molecule has 1 aliphatic rings. The monoisotopic (exact) mass is 221 g/mol. The molecule has 0 bridgehead atoms. The van der Waals surface area contributed by atoms with Crippen LogP contribution in [0, 0.1) is 0 Å². The molecule has 1 atom stereocenters. The van der Waals surface area contributed by atoms with Gasteiger partial charge in [0.15, 0.2) is 0 Å². The van der Waals surface area contributed by atoms with Gasteiger partial charge < -0.3 is 15.4 Å². The Bertz CT molecular complexity index is 395. The molecule has 2 rings (SSSR count). The number of anilines is 1. The normalized spacial score (nSPS) is 20.8. The summed E-state index contributed by atoms with van der Waals surface area (Å²) in [6.45, 7) is 3.75. The van der Waals surface area contributed by atoms with E-state index in [1.165, 1.54) is 0 Å². The van der Waals surface area contributed by atoms with Crippen molar-refractivity contribution in [2.75, 3.05) is 25.4 Å². The summed E-state index contributed by atoms with van der Waals surface area (Å²) < 4.78 is 5.38. The van der Waals surface area contributed by atoms with E-state index in [9.17, 15) is 4.79 Å². The highest BCUT2D eigenvalue weighted by atomic mass is 16.5. The molecule has 1 aliphatic heterocycles. The van der Waals surface area contributed by atoms with Crippen molar-refractivity contribution in [3.05, 3.63) is 23.9 Å². The summed E-state index contributed by atoms with van der Waals surface area (Å²) in [5, 5.41) is 0. The van der Waals surface area contributed by atoms with E-state index in [2.05, 4.69) is 4.98 Å². The first-order valence-electron chi connectivity index (χ1n) is 5.30. The molecular weight excluding hydrogens is 206 g/mol. The third-order valence-corrected chi connectivity index (χ3v) is 2.52. The highest BCUT2D eigenvalue weighted by molar-refractivity contribution is 5.92. The Morgan fingerprint density at radius 2 is 2.44 bits per heavy atom. The molecule has 0 aliphatic carbocycles. The van der Waals surface area contributed by atoms with Gasteiger partial charge in [-0.1, -0.05) is 6.07 Å². The molecule has 0 radical (unpaired) electrons. The molecule has 0 aromatic carbocycles. The van der Waals surface area contributed by atoms with Gasteiger partial charge in [0.05, 0.1) is 12.7 Å². The number of nitrogen functional groups attached to an aromatic ring is 1. The van der Waals surface area contributed by atoms with Crippen molar-refractivity contribution in [1.82, 2.24) is 9.88 Å². The van der Waals surface area contributed by atoms with Crippen molar-refractivity contribution in [2.45, 2.75) is 13.0 Å². The number of carbonyl (C=O) groups is 1. The van der Waals surface area contributed by atoms with Crippen LogP contribution in [0.15, 0.2) is 18.2 Å². The van der Waals surface area contributed by atoms with Gasteiger partial charge in [0.1, 0.15) is 11.5 Å². The molecule has 1 saturated heterocycles. The zero-order chi connectivity index (χ0) is 11.5. The van der Waals surface area contributed by atoms with Gasteiger partial charge in [-0.05, 0) is 19.1 Å². The maximum Gasteiger partial charge on any atom is 0.272 e. The van der Waals surface area contributed by atoms with Gasteiger partial charge in [0, 0.05) is 13.1 Å². The lowest BCUT2D eigenvalue weighted by atomic mass is 10.2. The van der Waals surface area contributed by atoms with Gasteiger partial charge >= 0.3 is 0 Å². The quantitative estimate of drug-likeness (QED) is 0.750. The lowest BCUT2D eigenvalue weighted by Crippen LogP contribution is -2.44. The van der Waals surface area contributed by atoms with Crippen LogP contribution in [-0.4, -0.2) is 41.6 Å². The van der Waals surface area contributed by atoms with Crippen LogP contribution in [0.1, 0.15) is 17.4 Å². The number of carbonyl (C=O) groups excluding carboxylic acids is 1. The third-order valence-electron chi connectivity index (χ3n) is 2.52. The van der Waals surface area contributed by atoms with Crippen molar-refractivity contribution in [3.8, 4) is 0 Å². The molecule has 1 fully saturated rings. The van der Waals surface area contributed by atoms with Crippen LogP contribution < -0.4 is 5.73 Å². The summed E-state index contributed by atoms with van der Waals surface area (Å²) in [6.07, 6.45) is 0.0822. The molecule has 1 aromatic heterocycles. The van der Waals surface area contributed by atoms with Crippen molar-refractivity contribution in [1.29, 1.82) is 0 Å². The number of nitrogens with zero attached hydrogens (tertiary/aromatic N) is 2. The van der Waals surface area contributed by atoms with Crippen LogP contribution in [-0.2, 0) is 4.74 Å². The highest BCUT2D eigenvalue weighted by Gasteiger charge is 2.23. The van der Waals surface area contributed by atoms with Crippen molar-refractivity contribution in [3.63, 3.8) is 0 Å². The fraction of sp³-hybridized carbons (Fsp3) is 0.455. The van der Waals surface area contributed by atoms with Crippen LogP contribution >= 0.6 is 0 Å². The number of hydrogen-bond acceptors (Lipinski definition) is 4. The zero-order valence-electron chi connectivity index (χ0n) is 9.22. The minimum absolute atomic E-state index is 0.0811.